The molecule has 1 saturated carbocycles. The minimum absolute atomic E-state index is 0.0180. The molecule has 1 aromatic rings. The lowest BCUT2D eigenvalue weighted by Crippen LogP contribution is -2.62. The number of sulfone groups is 1. The van der Waals surface area contributed by atoms with E-state index in [1.807, 2.05) is 33.8 Å². The Kier molecular flexibility index (Phi) is 13.2. The predicted octanol–water partition coefficient (Wildman–Crippen LogP) is 2.94. The quantitative estimate of drug-likeness (QED) is 0.204. The van der Waals surface area contributed by atoms with E-state index in [0.29, 0.717) is 18.4 Å². The summed E-state index contributed by atoms with van der Waals surface area (Å²) >= 11 is 0. The molecule has 0 spiro atoms. The Bertz CT molecular complexity index is 1420. The van der Waals surface area contributed by atoms with Gasteiger partial charge in [-0.3, -0.25) is 19.2 Å². The van der Waals surface area contributed by atoms with Crippen LogP contribution in [0.2, 0.25) is 0 Å². The SMILES string of the molecule is CC(C)[C@H]1CCN(C(=O)[C@@H](NC(=O)N[C@H](CS(=O)(=O)Cc2ccccc2)C(C)C)C(C)(C)C)[C@@H]1C(=O)NC(CC1CCC1)C(=O)C(N)=O. The lowest BCUT2D eigenvalue weighted by atomic mass is 9.80. The van der Waals surface area contributed by atoms with Crippen LogP contribution in [0.4, 0.5) is 4.79 Å². The highest BCUT2D eigenvalue weighted by atomic mass is 32.2. The molecule has 1 heterocycles. The molecule has 1 aliphatic heterocycles. The summed E-state index contributed by atoms with van der Waals surface area (Å²) in [4.78, 5) is 67.7. The zero-order valence-corrected chi connectivity index (χ0v) is 30.3. The Morgan fingerprint density at radius 2 is 1.56 bits per heavy atom. The molecule has 5 amide bonds. The van der Waals surface area contributed by atoms with Gasteiger partial charge in [-0.15, -0.1) is 0 Å². The van der Waals surface area contributed by atoms with Crippen LogP contribution in [0.15, 0.2) is 30.3 Å². The number of nitrogens with two attached hydrogens (primary N) is 1. The van der Waals surface area contributed by atoms with Crippen LogP contribution in [-0.4, -0.2) is 79.3 Å². The Labute approximate surface area is 285 Å². The van der Waals surface area contributed by atoms with Crippen LogP contribution in [0.25, 0.3) is 0 Å². The van der Waals surface area contributed by atoms with Gasteiger partial charge in [0.15, 0.2) is 9.84 Å². The van der Waals surface area contributed by atoms with Gasteiger partial charge in [-0.2, -0.15) is 0 Å². The fourth-order valence-corrected chi connectivity index (χ4v) is 8.37. The van der Waals surface area contributed by atoms with E-state index in [1.165, 1.54) is 4.90 Å². The summed E-state index contributed by atoms with van der Waals surface area (Å²) in [7, 11) is -3.58. The molecule has 2 fully saturated rings. The lowest BCUT2D eigenvalue weighted by molar-refractivity contribution is -0.144. The zero-order valence-electron chi connectivity index (χ0n) is 29.5. The molecule has 1 saturated heterocycles. The summed E-state index contributed by atoms with van der Waals surface area (Å²) in [6.07, 6.45) is 3.67. The largest absolute Gasteiger partial charge is 0.363 e. The van der Waals surface area contributed by atoms with Gasteiger partial charge in [0.05, 0.1) is 17.5 Å². The van der Waals surface area contributed by atoms with Crippen LogP contribution in [0, 0.1) is 29.1 Å². The monoisotopic (exact) mass is 689 g/mol. The van der Waals surface area contributed by atoms with Gasteiger partial charge in [-0.25, -0.2) is 13.2 Å². The molecule has 0 bridgehead atoms. The summed E-state index contributed by atoms with van der Waals surface area (Å²) in [5.74, 6) is -3.63. The van der Waals surface area contributed by atoms with Crippen molar-refractivity contribution in [3.8, 4) is 0 Å². The number of amides is 5. The van der Waals surface area contributed by atoms with Gasteiger partial charge in [0.25, 0.3) is 5.91 Å². The van der Waals surface area contributed by atoms with E-state index in [4.69, 9.17) is 5.73 Å². The summed E-state index contributed by atoms with van der Waals surface area (Å²) in [6.45, 7) is 13.2. The molecule has 12 nitrogen and oxygen atoms in total. The standard InChI is InChI=1S/C35H55N5O7S/c1-21(2)25-16-17-40(28(25)32(43)37-26(29(41)31(36)42)18-23-14-11-15-23)33(44)30(35(5,6)7)39-34(45)38-27(22(3)4)20-48(46,47)19-24-12-9-8-10-13-24/h8-10,12-13,21-23,25-28,30H,11,14-20H2,1-7H3,(H2,36,42)(H,37,43)(H2,38,39,45)/t25-,26?,27-,28+,30-/m1/s1. The average molecular weight is 690 g/mol. The maximum atomic E-state index is 14.3. The first-order valence-electron chi connectivity index (χ1n) is 17.1. The number of benzene rings is 1. The van der Waals surface area contributed by atoms with E-state index >= 15 is 0 Å². The average Bonchev–Trinajstić information content (AvgIpc) is 3.41. The number of ketones is 1. The first-order chi connectivity index (χ1) is 22.3. The van der Waals surface area contributed by atoms with Crippen LogP contribution in [0.5, 0.6) is 0 Å². The lowest BCUT2D eigenvalue weighted by Gasteiger charge is -2.37. The number of hydrogen-bond acceptors (Lipinski definition) is 7. The number of rotatable bonds is 15. The van der Waals surface area contributed by atoms with Crippen LogP contribution in [0.3, 0.4) is 0 Å². The number of nitrogens with one attached hydrogen (secondary N) is 3. The smallest absolute Gasteiger partial charge is 0.315 e. The van der Waals surface area contributed by atoms with E-state index in [9.17, 15) is 32.4 Å². The van der Waals surface area contributed by atoms with Gasteiger partial charge in [0.2, 0.25) is 17.6 Å². The zero-order chi connectivity index (χ0) is 36.0. The molecule has 3 rings (SSSR count). The number of hydrogen-bond donors (Lipinski definition) is 4. The van der Waals surface area contributed by atoms with Crippen molar-refractivity contribution in [3.63, 3.8) is 0 Å². The van der Waals surface area contributed by atoms with Gasteiger partial charge < -0.3 is 26.6 Å². The molecular weight excluding hydrogens is 634 g/mol. The molecule has 2 aliphatic rings. The highest BCUT2D eigenvalue weighted by Crippen LogP contribution is 2.34. The van der Waals surface area contributed by atoms with E-state index in [0.717, 1.165) is 19.3 Å². The summed E-state index contributed by atoms with van der Waals surface area (Å²) in [5, 5.41) is 8.34. The second-order valence-corrected chi connectivity index (χ2v) is 17.4. The van der Waals surface area contributed by atoms with Crippen LogP contribution >= 0.6 is 0 Å². The maximum Gasteiger partial charge on any atom is 0.315 e. The van der Waals surface area contributed by atoms with Crippen molar-refractivity contribution in [1.29, 1.82) is 0 Å². The fourth-order valence-electron chi connectivity index (χ4n) is 6.54. The van der Waals surface area contributed by atoms with Crippen LogP contribution in [0.1, 0.15) is 86.1 Å². The van der Waals surface area contributed by atoms with Crippen molar-refractivity contribution in [2.75, 3.05) is 12.3 Å². The third kappa shape index (κ3) is 10.5. The Balaban J connectivity index is 1.79. The van der Waals surface area contributed by atoms with Crippen molar-refractivity contribution in [2.45, 2.75) is 110 Å². The minimum atomic E-state index is -3.58. The Morgan fingerprint density at radius 3 is 2.06 bits per heavy atom. The Hall–Kier alpha value is -3.48. The normalized spacial score (nSPS) is 20.5. The first-order valence-corrected chi connectivity index (χ1v) is 18.9. The van der Waals surface area contributed by atoms with E-state index in [2.05, 4.69) is 16.0 Å². The minimum Gasteiger partial charge on any atom is -0.363 e. The molecule has 0 aromatic heterocycles. The van der Waals surface area contributed by atoms with Gasteiger partial charge in [-0.05, 0) is 47.5 Å². The number of Topliss-reactive ketones (excluding diaryl/α,β-unsaturated/α-hetero) is 1. The molecule has 5 atom stereocenters. The second kappa shape index (κ2) is 16.3. The van der Waals surface area contributed by atoms with Crippen LogP contribution < -0.4 is 21.7 Å². The maximum absolute atomic E-state index is 14.3. The van der Waals surface area contributed by atoms with E-state index in [1.54, 1.807) is 45.0 Å². The summed E-state index contributed by atoms with van der Waals surface area (Å²) in [5.41, 5.74) is 5.19. The molecule has 0 radical (unpaired) electrons. The van der Waals surface area contributed by atoms with Gasteiger partial charge in [0.1, 0.15) is 12.1 Å². The molecule has 48 heavy (non-hydrogen) atoms. The molecule has 1 aliphatic carbocycles. The molecule has 1 unspecified atom stereocenters. The number of likely N-dealkylation sites (tertiary alicyclic amines) is 1. The number of primary amides is 1. The second-order valence-electron chi connectivity index (χ2n) is 15.3. The summed E-state index contributed by atoms with van der Waals surface area (Å²) in [6, 6.07) is 4.35. The van der Waals surface area contributed by atoms with Crippen molar-refractivity contribution in [3.05, 3.63) is 35.9 Å². The van der Waals surface area contributed by atoms with Gasteiger partial charge >= 0.3 is 6.03 Å². The van der Waals surface area contributed by atoms with Crippen molar-refractivity contribution >= 4 is 39.4 Å². The highest BCUT2D eigenvalue weighted by Gasteiger charge is 2.48. The number of nitrogens with zero attached hydrogens (tertiary/aromatic N) is 1. The molecule has 268 valence electrons. The van der Waals surface area contributed by atoms with Crippen molar-refractivity contribution < 1.29 is 32.4 Å². The van der Waals surface area contributed by atoms with E-state index < -0.39 is 69.0 Å². The summed E-state index contributed by atoms with van der Waals surface area (Å²) < 4.78 is 26.1. The first kappa shape index (κ1) is 39.0. The van der Waals surface area contributed by atoms with Crippen molar-refractivity contribution in [2.24, 2.45) is 34.8 Å². The number of carbonyl (C=O) groups is 5. The molecule has 5 N–H and O–H groups in total. The topological polar surface area (TPSA) is 185 Å². The third-order valence-electron chi connectivity index (χ3n) is 9.69. The molecular formula is C35H55N5O7S. The van der Waals surface area contributed by atoms with Crippen molar-refractivity contribution in [1.82, 2.24) is 20.9 Å². The predicted molar refractivity (Wildman–Crippen MR) is 184 cm³/mol. The Morgan fingerprint density at radius 1 is 0.938 bits per heavy atom. The van der Waals surface area contributed by atoms with E-state index in [-0.39, 0.29) is 41.7 Å². The molecule has 13 heteroatoms. The highest BCUT2D eigenvalue weighted by molar-refractivity contribution is 7.90. The van der Waals surface area contributed by atoms with Crippen LogP contribution in [-0.2, 0) is 34.8 Å². The van der Waals surface area contributed by atoms with Gasteiger partial charge in [-0.1, -0.05) is 98.1 Å². The number of carbonyl (C=O) groups excluding carboxylic acids is 5. The molecule has 1 aromatic carbocycles. The third-order valence-corrected chi connectivity index (χ3v) is 11.3. The van der Waals surface area contributed by atoms with Gasteiger partial charge in [0, 0.05) is 12.6 Å². The fraction of sp³-hybridized carbons (Fsp3) is 0.686. The number of urea groups is 1.